The van der Waals surface area contributed by atoms with Crippen molar-refractivity contribution >= 4 is 11.7 Å². The number of anilines is 1. The minimum absolute atomic E-state index is 0.0302. The molecule has 0 spiro atoms. The number of piperidine rings is 1. The molecule has 1 N–H and O–H groups in total. The maximum absolute atomic E-state index is 12.8. The molecule has 2 aromatic carbocycles. The number of aromatic nitrogens is 2. The Morgan fingerprint density at radius 1 is 1.20 bits per heavy atom. The number of amides is 2. The Bertz CT molecular complexity index is 1030. The molecule has 1 fully saturated rings. The highest BCUT2D eigenvalue weighted by Gasteiger charge is 2.29. The van der Waals surface area contributed by atoms with Gasteiger partial charge >= 0.3 is 6.03 Å². The van der Waals surface area contributed by atoms with Crippen molar-refractivity contribution in [3.63, 3.8) is 0 Å². The van der Waals surface area contributed by atoms with Gasteiger partial charge in [0.15, 0.2) is 0 Å². The largest absolute Gasteiger partial charge is 0.497 e. The lowest BCUT2D eigenvalue weighted by atomic mass is 9.98. The van der Waals surface area contributed by atoms with Gasteiger partial charge in [0, 0.05) is 24.3 Å². The van der Waals surface area contributed by atoms with Crippen LogP contribution in [0, 0.1) is 13.8 Å². The molecule has 7 heteroatoms. The van der Waals surface area contributed by atoms with Gasteiger partial charge in [-0.2, -0.15) is 4.98 Å². The van der Waals surface area contributed by atoms with Crippen LogP contribution >= 0.6 is 0 Å². The third kappa shape index (κ3) is 4.15. The summed E-state index contributed by atoms with van der Waals surface area (Å²) in [5, 5.41) is 7.17. The molecule has 3 aromatic rings. The van der Waals surface area contributed by atoms with Crippen LogP contribution in [0.25, 0.3) is 11.4 Å². The Kier molecular flexibility index (Phi) is 5.70. The summed E-state index contributed by atoms with van der Waals surface area (Å²) < 4.78 is 10.7. The van der Waals surface area contributed by atoms with Crippen LogP contribution in [-0.2, 0) is 0 Å². The maximum Gasteiger partial charge on any atom is 0.321 e. The van der Waals surface area contributed by atoms with E-state index in [1.165, 1.54) is 0 Å². The number of hydrogen-bond acceptors (Lipinski definition) is 5. The molecule has 0 unspecified atom stereocenters. The van der Waals surface area contributed by atoms with Crippen LogP contribution in [-0.4, -0.2) is 41.3 Å². The number of hydrogen-bond donors (Lipinski definition) is 1. The van der Waals surface area contributed by atoms with Gasteiger partial charge in [0.25, 0.3) is 0 Å². The predicted molar refractivity (Wildman–Crippen MR) is 115 cm³/mol. The molecule has 2 amide bonds. The molecule has 0 saturated carbocycles. The average Bonchev–Trinajstić information content (AvgIpc) is 3.27. The predicted octanol–water partition coefficient (Wildman–Crippen LogP) is 4.77. The topological polar surface area (TPSA) is 80.5 Å². The standard InChI is InChI=1S/C23H26N4O3/c1-15-6-4-8-20(16(15)2)24-23(28)27-13-5-7-18(14-27)22-25-21(26-30-22)17-9-11-19(29-3)12-10-17/h4,6,8-12,18H,5,7,13-14H2,1-3H3,(H,24,28)/t18-/m0/s1. The number of carbonyl (C=O) groups excluding carboxylic acids is 1. The Labute approximate surface area is 176 Å². The summed E-state index contributed by atoms with van der Waals surface area (Å²) in [6, 6.07) is 13.4. The normalized spacial score (nSPS) is 16.4. The molecular formula is C23H26N4O3. The van der Waals surface area contributed by atoms with Crippen LogP contribution < -0.4 is 10.1 Å². The van der Waals surface area contributed by atoms with E-state index < -0.39 is 0 Å². The molecule has 1 aromatic heterocycles. The van der Waals surface area contributed by atoms with Crippen LogP contribution in [0.15, 0.2) is 47.0 Å². The first-order valence-electron chi connectivity index (χ1n) is 10.2. The van der Waals surface area contributed by atoms with Gasteiger partial charge in [-0.3, -0.25) is 0 Å². The molecule has 0 aliphatic carbocycles. The van der Waals surface area contributed by atoms with Crippen molar-refractivity contribution in [1.82, 2.24) is 15.0 Å². The van der Waals surface area contributed by atoms with Gasteiger partial charge in [-0.15, -0.1) is 0 Å². The van der Waals surface area contributed by atoms with Crippen LogP contribution in [0.4, 0.5) is 10.5 Å². The number of nitrogens with one attached hydrogen (secondary N) is 1. The highest BCUT2D eigenvalue weighted by Crippen LogP contribution is 2.29. The fourth-order valence-corrected chi connectivity index (χ4v) is 3.70. The summed E-state index contributed by atoms with van der Waals surface area (Å²) >= 11 is 0. The zero-order chi connectivity index (χ0) is 21.1. The van der Waals surface area contributed by atoms with E-state index >= 15 is 0 Å². The third-order valence-corrected chi connectivity index (χ3v) is 5.69. The smallest absolute Gasteiger partial charge is 0.321 e. The number of rotatable bonds is 4. The van der Waals surface area contributed by atoms with E-state index in [0.717, 1.165) is 41.0 Å². The lowest BCUT2D eigenvalue weighted by Crippen LogP contribution is -2.41. The highest BCUT2D eigenvalue weighted by atomic mass is 16.5. The Morgan fingerprint density at radius 3 is 2.77 bits per heavy atom. The lowest BCUT2D eigenvalue weighted by molar-refractivity contribution is 0.184. The number of aryl methyl sites for hydroxylation is 1. The zero-order valence-corrected chi connectivity index (χ0v) is 17.5. The number of benzene rings is 2. The first kappa shape index (κ1) is 19.9. The molecule has 4 rings (SSSR count). The van der Waals surface area contributed by atoms with E-state index in [-0.39, 0.29) is 11.9 Å². The Hall–Kier alpha value is -3.35. The van der Waals surface area contributed by atoms with Gasteiger partial charge < -0.3 is 19.5 Å². The number of nitrogens with zero attached hydrogens (tertiary/aromatic N) is 3. The second kappa shape index (κ2) is 8.57. The third-order valence-electron chi connectivity index (χ3n) is 5.69. The van der Waals surface area contributed by atoms with Crippen LogP contribution in [0.5, 0.6) is 5.75 Å². The molecule has 0 radical (unpaired) electrons. The Morgan fingerprint density at radius 2 is 2.00 bits per heavy atom. The molecule has 30 heavy (non-hydrogen) atoms. The maximum atomic E-state index is 12.8. The van der Waals surface area contributed by atoms with Gasteiger partial charge in [0.1, 0.15) is 5.75 Å². The number of likely N-dealkylation sites (tertiary alicyclic amines) is 1. The second-order valence-electron chi connectivity index (χ2n) is 7.65. The van der Waals surface area contributed by atoms with E-state index in [4.69, 9.17) is 9.26 Å². The van der Waals surface area contributed by atoms with Gasteiger partial charge in [-0.25, -0.2) is 4.79 Å². The summed E-state index contributed by atoms with van der Waals surface area (Å²) in [6.45, 7) is 5.33. The first-order valence-corrected chi connectivity index (χ1v) is 10.2. The monoisotopic (exact) mass is 406 g/mol. The summed E-state index contributed by atoms with van der Waals surface area (Å²) in [5.74, 6) is 1.93. The minimum atomic E-state index is -0.0942. The summed E-state index contributed by atoms with van der Waals surface area (Å²) in [5.41, 5.74) is 3.95. The number of urea groups is 1. The average molecular weight is 406 g/mol. The molecule has 0 bridgehead atoms. The Balaban J connectivity index is 1.44. The molecule has 2 heterocycles. The SMILES string of the molecule is COc1ccc(-c2noc([C@H]3CCCN(C(=O)Nc4cccc(C)c4C)C3)n2)cc1. The first-order chi connectivity index (χ1) is 14.5. The van der Waals surface area contributed by atoms with E-state index in [9.17, 15) is 4.79 Å². The van der Waals surface area contributed by atoms with E-state index in [1.807, 2.05) is 61.2 Å². The molecule has 7 nitrogen and oxygen atoms in total. The molecule has 1 atom stereocenters. The van der Waals surface area contributed by atoms with E-state index in [2.05, 4.69) is 15.5 Å². The number of carbonyl (C=O) groups is 1. The van der Waals surface area contributed by atoms with E-state index in [1.54, 1.807) is 7.11 Å². The molecule has 1 aliphatic rings. The summed E-state index contributed by atoms with van der Waals surface area (Å²) in [4.78, 5) is 19.2. The van der Waals surface area contributed by atoms with Gasteiger partial charge in [-0.05, 0) is 68.1 Å². The summed E-state index contributed by atoms with van der Waals surface area (Å²) in [7, 11) is 1.63. The minimum Gasteiger partial charge on any atom is -0.497 e. The van der Waals surface area contributed by atoms with Crippen molar-refractivity contribution in [2.24, 2.45) is 0 Å². The van der Waals surface area contributed by atoms with Crippen LogP contribution in [0.1, 0.15) is 35.8 Å². The fourth-order valence-electron chi connectivity index (χ4n) is 3.70. The van der Waals surface area contributed by atoms with Crippen LogP contribution in [0.2, 0.25) is 0 Å². The van der Waals surface area contributed by atoms with Crippen molar-refractivity contribution in [2.75, 3.05) is 25.5 Å². The fraction of sp³-hybridized carbons (Fsp3) is 0.348. The number of ether oxygens (including phenoxy) is 1. The van der Waals surface area contributed by atoms with Crippen molar-refractivity contribution < 1.29 is 14.1 Å². The van der Waals surface area contributed by atoms with Gasteiger partial charge in [-0.1, -0.05) is 17.3 Å². The second-order valence-corrected chi connectivity index (χ2v) is 7.65. The van der Waals surface area contributed by atoms with Crippen molar-refractivity contribution in [3.8, 4) is 17.1 Å². The molecular weight excluding hydrogens is 380 g/mol. The van der Waals surface area contributed by atoms with Crippen LogP contribution in [0.3, 0.4) is 0 Å². The van der Waals surface area contributed by atoms with Gasteiger partial charge in [0.2, 0.25) is 11.7 Å². The molecule has 1 saturated heterocycles. The highest BCUT2D eigenvalue weighted by molar-refractivity contribution is 5.90. The quantitative estimate of drug-likeness (QED) is 0.675. The number of methoxy groups -OCH3 is 1. The zero-order valence-electron chi connectivity index (χ0n) is 17.5. The van der Waals surface area contributed by atoms with Gasteiger partial charge in [0.05, 0.1) is 13.0 Å². The van der Waals surface area contributed by atoms with Crippen molar-refractivity contribution in [2.45, 2.75) is 32.6 Å². The molecule has 156 valence electrons. The summed E-state index contributed by atoms with van der Waals surface area (Å²) in [6.07, 6.45) is 1.81. The van der Waals surface area contributed by atoms with Crippen molar-refractivity contribution in [1.29, 1.82) is 0 Å². The van der Waals surface area contributed by atoms with E-state index in [0.29, 0.717) is 24.8 Å². The van der Waals surface area contributed by atoms with Crippen molar-refractivity contribution in [3.05, 3.63) is 59.5 Å². The molecule has 1 aliphatic heterocycles. The lowest BCUT2D eigenvalue weighted by Gasteiger charge is -2.31.